The Balaban J connectivity index is 1.74. The molecule has 0 fully saturated rings. The van der Waals surface area contributed by atoms with Crippen molar-refractivity contribution in [2.75, 3.05) is 0 Å². The van der Waals surface area contributed by atoms with Crippen LogP contribution in [0.1, 0.15) is 47.4 Å². The molecule has 1 amide bonds. The first-order valence-electron chi connectivity index (χ1n) is 8.78. The number of amides is 1. The lowest BCUT2D eigenvalue weighted by molar-refractivity contribution is 0.0938. The van der Waals surface area contributed by atoms with Crippen LogP contribution in [0.4, 0.5) is 0 Å². The molecule has 2 atom stereocenters. The number of pyridine rings is 1. The molecule has 0 saturated heterocycles. The standard InChI is InChI=1S/C21H18BrClN2O2/c1-11-7-14-8-15(22)9-17-19(14)25(11)10-18(20(17)26)21(27)24-12(2)13-3-5-16(23)6-4-13/h3-6,8-12H,7H2,1-2H3,(H,24,27)/t11-,12+/m0/s1. The Morgan fingerprint density at radius 1 is 1.30 bits per heavy atom. The van der Waals surface area contributed by atoms with Crippen molar-refractivity contribution in [1.29, 1.82) is 0 Å². The Labute approximate surface area is 170 Å². The molecule has 0 bridgehead atoms. The summed E-state index contributed by atoms with van der Waals surface area (Å²) in [5.41, 5.74) is 2.92. The quantitative estimate of drug-likeness (QED) is 0.615. The van der Waals surface area contributed by atoms with Gasteiger partial charge in [-0.15, -0.1) is 0 Å². The number of nitrogens with one attached hydrogen (secondary N) is 1. The fourth-order valence-electron chi connectivity index (χ4n) is 3.73. The number of halogens is 2. The van der Waals surface area contributed by atoms with E-state index in [1.54, 1.807) is 24.4 Å². The Bertz CT molecular complexity index is 1120. The third kappa shape index (κ3) is 3.19. The minimum Gasteiger partial charge on any atom is -0.345 e. The van der Waals surface area contributed by atoms with Crippen LogP contribution in [0.25, 0.3) is 10.9 Å². The molecule has 3 aromatic rings. The van der Waals surface area contributed by atoms with Crippen molar-refractivity contribution < 1.29 is 4.79 Å². The normalized spacial score (nSPS) is 16.5. The summed E-state index contributed by atoms with van der Waals surface area (Å²) in [7, 11) is 0. The first-order valence-corrected chi connectivity index (χ1v) is 9.96. The maximum absolute atomic E-state index is 13.0. The van der Waals surface area contributed by atoms with Gasteiger partial charge >= 0.3 is 0 Å². The van der Waals surface area contributed by atoms with Crippen molar-refractivity contribution in [3.8, 4) is 0 Å². The summed E-state index contributed by atoms with van der Waals surface area (Å²) >= 11 is 9.40. The Hall–Kier alpha value is -2.11. The van der Waals surface area contributed by atoms with Crippen molar-refractivity contribution in [3.05, 3.63) is 79.0 Å². The summed E-state index contributed by atoms with van der Waals surface area (Å²) in [4.78, 5) is 25.9. The lowest BCUT2D eigenvalue weighted by atomic mass is 10.1. The second-order valence-electron chi connectivity index (χ2n) is 7.04. The molecule has 1 aliphatic heterocycles. The molecule has 6 heteroatoms. The van der Waals surface area contributed by atoms with Crippen LogP contribution < -0.4 is 10.7 Å². The zero-order valence-electron chi connectivity index (χ0n) is 14.9. The SMILES string of the molecule is C[C@@H](NC(=O)c1cn2c3c(cc(Br)cc3c1=O)C[C@@H]2C)c1ccc(Cl)cc1. The third-order valence-electron chi connectivity index (χ3n) is 5.12. The van der Waals surface area contributed by atoms with E-state index in [1.165, 1.54) is 0 Å². The molecule has 4 rings (SSSR count). The van der Waals surface area contributed by atoms with Gasteiger partial charge in [0, 0.05) is 27.1 Å². The average Bonchev–Trinajstić information content (AvgIpc) is 2.93. The highest BCUT2D eigenvalue weighted by Gasteiger charge is 2.25. The van der Waals surface area contributed by atoms with Crippen LogP contribution in [0.3, 0.4) is 0 Å². The molecule has 1 N–H and O–H groups in total. The van der Waals surface area contributed by atoms with E-state index in [9.17, 15) is 9.59 Å². The van der Waals surface area contributed by atoms with Crippen LogP contribution >= 0.6 is 27.5 Å². The molecule has 138 valence electrons. The van der Waals surface area contributed by atoms with Gasteiger partial charge in [0.25, 0.3) is 5.91 Å². The molecule has 2 heterocycles. The van der Waals surface area contributed by atoms with Crippen LogP contribution in [0.5, 0.6) is 0 Å². The molecule has 0 unspecified atom stereocenters. The summed E-state index contributed by atoms with van der Waals surface area (Å²) in [6.45, 7) is 3.98. The van der Waals surface area contributed by atoms with E-state index in [-0.39, 0.29) is 29.0 Å². The minimum atomic E-state index is -0.367. The van der Waals surface area contributed by atoms with Crippen molar-refractivity contribution in [2.24, 2.45) is 0 Å². The number of hydrogen-bond donors (Lipinski definition) is 1. The fraction of sp³-hybridized carbons (Fsp3) is 0.238. The first-order chi connectivity index (χ1) is 12.8. The summed E-state index contributed by atoms with van der Waals surface area (Å²) < 4.78 is 2.90. The van der Waals surface area contributed by atoms with E-state index < -0.39 is 0 Å². The van der Waals surface area contributed by atoms with E-state index >= 15 is 0 Å². The van der Waals surface area contributed by atoms with Crippen LogP contribution in [0.15, 0.2) is 51.9 Å². The molecule has 0 aliphatic carbocycles. The minimum absolute atomic E-state index is 0.168. The smallest absolute Gasteiger partial charge is 0.257 e. The Morgan fingerprint density at radius 2 is 2.00 bits per heavy atom. The highest BCUT2D eigenvalue weighted by Crippen LogP contribution is 2.33. The van der Waals surface area contributed by atoms with Gasteiger partial charge in [-0.05, 0) is 55.7 Å². The molecular weight excluding hydrogens is 428 g/mol. The topological polar surface area (TPSA) is 51.1 Å². The van der Waals surface area contributed by atoms with Crippen LogP contribution in [-0.4, -0.2) is 10.5 Å². The lowest BCUT2D eigenvalue weighted by Crippen LogP contribution is -2.31. The van der Waals surface area contributed by atoms with Crippen molar-refractivity contribution >= 4 is 44.3 Å². The van der Waals surface area contributed by atoms with Gasteiger partial charge in [0.15, 0.2) is 0 Å². The molecule has 0 radical (unpaired) electrons. The number of carbonyl (C=O) groups excluding carboxylic acids is 1. The van der Waals surface area contributed by atoms with Gasteiger partial charge in [0.1, 0.15) is 5.56 Å². The number of aromatic nitrogens is 1. The number of rotatable bonds is 3. The molecule has 1 aromatic heterocycles. The summed E-state index contributed by atoms with van der Waals surface area (Å²) in [5.74, 6) is -0.367. The second-order valence-corrected chi connectivity index (χ2v) is 8.39. The van der Waals surface area contributed by atoms with Crippen LogP contribution in [0.2, 0.25) is 5.02 Å². The summed E-state index contributed by atoms with van der Waals surface area (Å²) in [6.07, 6.45) is 2.55. The van der Waals surface area contributed by atoms with Gasteiger partial charge in [-0.2, -0.15) is 0 Å². The first kappa shape index (κ1) is 18.3. The zero-order chi connectivity index (χ0) is 19.3. The fourth-order valence-corrected chi connectivity index (χ4v) is 4.36. The molecule has 27 heavy (non-hydrogen) atoms. The average molecular weight is 446 g/mol. The molecule has 2 aromatic carbocycles. The Morgan fingerprint density at radius 3 is 2.70 bits per heavy atom. The van der Waals surface area contributed by atoms with Crippen molar-refractivity contribution in [1.82, 2.24) is 9.88 Å². The van der Waals surface area contributed by atoms with Gasteiger partial charge in [0.05, 0.1) is 11.6 Å². The maximum atomic E-state index is 13.0. The summed E-state index contributed by atoms with van der Waals surface area (Å²) in [5, 5.41) is 4.15. The molecule has 0 spiro atoms. The monoisotopic (exact) mass is 444 g/mol. The predicted octanol–water partition coefficient (Wildman–Crippen LogP) is 5.03. The number of carbonyl (C=O) groups is 1. The van der Waals surface area contributed by atoms with E-state index in [0.29, 0.717) is 10.4 Å². The predicted molar refractivity (Wildman–Crippen MR) is 112 cm³/mol. The highest BCUT2D eigenvalue weighted by molar-refractivity contribution is 9.10. The third-order valence-corrected chi connectivity index (χ3v) is 5.83. The number of nitrogens with zero attached hydrogens (tertiary/aromatic N) is 1. The van der Waals surface area contributed by atoms with Gasteiger partial charge in [-0.1, -0.05) is 39.7 Å². The van der Waals surface area contributed by atoms with Gasteiger partial charge < -0.3 is 9.88 Å². The zero-order valence-corrected chi connectivity index (χ0v) is 17.3. The molecule has 4 nitrogen and oxygen atoms in total. The number of benzene rings is 2. The van der Waals surface area contributed by atoms with E-state index in [2.05, 4.69) is 28.2 Å². The second kappa shape index (κ2) is 6.80. The Kier molecular flexibility index (Phi) is 4.60. The molecule has 1 aliphatic rings. The van der Waals surface area contributed by atoms with E-state index in [1.807, 2.05) is 29.7 Å². The highest BCUT2D eigenvalue weighted by atomic mass is 79.9. The molecule has 0 saturated carbocycles. The van der Waals surface area contributed by atoms with Gasteiger partial charge in [-0.3, -0.25) is 9.59 Å². The lowest BCUT2D eigenvalue weighted by Gasteiger charge is -2.16. The van der Waals surface area contributed by atoms with E-state index in [4.69, 9.17) is 11.6 Å². The van der Waals surface area contributed by atoms with E-state index in [0.717, 1.165) is 27.5 Å². The largest absolute Gasteiger partial charge is 0.345 e. The van der Waals surface area contributed by atoms with Crippen molar-refractivity contribution in [2.45, 2.75) is 32.4 Å². The molecular formula is C21H18BrClN2O2. The number of hydrogen-bond acceptors (Lipinski definition) is 2. The van der Waals surface area contributed by atoms with Crippen LogP contribution in [-0.2, 0) is 6.42 Å². The van der Waals surface area contributed by atoms with Gasteiger partial charge in [-0.25, -0.2) is 0 Å². The van der Waals surface area contributed by atoms with Crippen molar-refractivity contribution in [3.63, 3.8) is 0 Å². The maximum Gasteiger partial charge on any atom is 0.257 e. The summed E-state index contributed by atoms with van der Waals surface area (Å²) in [6, 6.07) is 11.1. The van der Waals surface area contributed by atoms with Crippen LogP contribution in [0, 0.1) is 0 Å². The van der Waals surface area contributed by atoms with Gasteiger partial charge in [0.2, 0.25) is 5.43 Å².